The molecule has 1 unspecified atom stereocenters. The zero-order valence-corrected chi connectivity index (χ0v) is 16.8. The molecular formula is C24H24FN3O2. The maximum absolute atomic E-state index is 13.1. The number of halogens is 1. The lowest BCUT2D eigenvalue weighted by molar-refractivity contribution is -0.135. The number of aryl methyl sites for hydroxylation is 1. The van der Waals surface area contributed by atoms with E-state index < -0.39 is 0 Å². The highest BCUT2D eigenvalue weighted by molar-refractivity contribution is 5.93. The van der Waals surface area contributed by atoms with Crippen LogP contribution >= 0.6 is 0 Å². The maximum Gasteiger partial charge on any atom is 0.224 e. The number of fused-ring (bicyclic) bond motifs is 1. The van der Waals surface area contributed by atoms with E-state index >= 15 is 0 Å². The molecule has 0 fully saturated rings. The summed E-state index contributed by atoms with van der Waals surface area (Å²) >= 11 is 0. The van der Waals surface area contributed by atoms with Crippen LogP contribution in [0, 0.1) is 12.7 Å². The molecule has 1 aliphatic heterocycles. The van der Waals surface area contributed by atoms with Gasteiger partial charge in [-0.3, -0.25) is 9.59 Å². The largest absolute Gasteiger partial charge is 0.348 e. The molecule has 0 spiro atoms. The number of anilines is 1. The summed E-state index contributed by atoms with van der Waals surface area (Å²) in [6, 6.07) is 17.7. The number of benzene rings is 2. The van der Waals surface area contributed by atoms with Crippen molar-refractivity contribution in [3.63, 3.8) is 0 Å². The van der Waals surface area contributed by atoms with Crippen molar-refractivity contribution in [2.75, 3.05) is 11.9 Å². The third-order valence-electron chi connectivity index (χ3n) is 5.45. The summed E-state index contributed by atoms with van der Waals surface area (Å²) in [6.45, 7) is 3.37. The zero-order chi connectivity index (χ0) is 21.1. The van der Waals surface area contributed by atoms with Gasteiger partial charge in [-0.25, -0.2) is 4.39 Å². The maximum atomic E-state index is 13.1. The summed E-state index contributed by atoms with van der Waals surface area (Å²) < 4.78 is 15.2. The highest BCUT2D eigenvalue weighted by Gasteiger charge is 2.32. The highest BCUT2D eigenvalue weighted by Crippen LogP contribution is 2.33. The minimum absolute atomic E-state index is 0.0534. The van der Waals surface area contributed by atoms with Gasteiger partial charge in [0.2, 0.25) is 11.8 Å². The summed E-state index contributed by atoms with van der Waals surface area (Å²) in [4.78, 5) is 27.2. The van der Waals surface area contributed by atoms with Crippen LogP contribution in [0.2, 0.25) is 0 Å². The molecule has 0 saturated carbocycles. The van der Waals surface area contributed by atoms with Gasteiger partial charge in [0.05, 0.1) is 6.04 Å². The van der Waals surface area contributed by atoms with Crippen molar-refractivity contribution >= 4 is 17.5 Å². The van der Waals surface area contributed by atoms with Gasteiger partial charge in [-0.15, -0.1) is 0 Å². The third-order valence-corrected chi connectivity index (χ3v) is 5.45. The van der Waals surface area contributed by atoms with Crippen molar-refractivity contribution in [3.05, 3.63) is 89.5 Å². The van der Waals surface area contributed by atoms with E-state index in [9.17, 15) is 14.0 Å². The van der Waals surface area contributed by atoms with Crippen LogP contribution in [0.4, 0.5) is 10.1 Å². The van der Waals surface area contributed by atoms with E-state index in [2.05, 4.69) is 34.1 Å². The van der Waals surface area contributed by atoms with Crippen LogP contribution in [0.5, 0.6) is 0 Å². The minimum atomic E-state index is -0.361. The van der Waals surface area contributed by atoms with Gasteiger partial charge in [-0.1, -0.05) is 29.8 Å². The van der Waals surface area contributed by atoms with Gasteiger partial charge in [0, 0.05) is 43.5 Å². The fraction of sp³-hybridized carbons (Fsp3) is 0.250. The fourth-order valence-corrected chi connectivity index (χ4v) is 3.87. The highest BCUT2D eigenvalue weighted by atomic mass is 19.1. The second-order valence-corrected chi connectivity index (χ2v) is 7.58. The zero-order valence-electron chi connectivity index (χ0n) is 16.8. The Hall–Kier alpha value is -3.41. The number of aromatic nitrogens is 1. The molecule has 0 saturated heterocycles. The van der Waals surface area contributed by atoms with E-state index in [0.717, 1.165) is 17.8 Å². The van der Waals surface area contributed by atoms with Gasteiger partial charge < -0.3 is 14.8 Å². The van der Waals surface area contributed by atoms with Gasteiger partial charge in [0.15, 0.2) is 0 Å². The minimum Gasteiger partial charge on any atom is -0.348 e. The Labute approximate surface area is 175 Å². The molecule has 1 aliphatic rings. The van der Waals surface area contributed by atoms with Crippen LogP contribution in [0.1, 0.15) is 35.7 Å². The lowest BCUT2D eigenvalue weighted by Gasteiger charge is -2.37. The van der Waals surface area contributed by atoms with E-state index in [1.807, 2.05) is 30.2 Å². The van der Waals surface area contributed by atoms with Crippen LogP contribution in [0.3, 0.4) is 0 Å². The van der Waals surface area contributed by atoms with E-state index in [-0.39, 0.29) is 36.5 Å². The standard InChI is InChI=1S/C24H24FN3O2/c1-17-4-6-18(7-5-17)24-21-3-2-14-27(21)15-16-28(24)23(30)13-12-22(29)26-20-10-8-19(25)9-11-20/h2-11,14,24H,12-13,15-16H2,1H3,(H,26,29). The Morgan fingerprint density at radius 1 is 1.00 bits per heavy atom. The van der Waals surface area contributed by atoms with Gasteiger partial charge >= 0.3 is 0 Å². The first-order valence-corrected chi connectivity index (χ1v) is 10.1. The van der Waals surface area contributed by atoms with E-state index in [0.29, 0.717) is 12.2 Å². The van der Waals surface area contributed by atoms with Gasteiger partial charge in [0.1, 0.15) is 5.82 Å². The first-order valence-electron chi connectivity index (χ1n) is 10.1. The summed E-state index contributed by atoms with van der Waals surface area (Å²) in [7, 11) is 0. The van der Waals surface area contributed by atoms with Gasteiger partial charge in [-0.05, 0) is 48.9 Å². The van der Waals surface area contributed by atoms with Crippen LogP contribution in [-0.4, -0.2) is 27.8 Å². The topological polar surface area (TPSA) is 54.3 Å². The molecule has 2 amide bonds. The molecule has 2 aromatic carbocycles. The Bertz CT molecular complexity index is 1040. The SMILES string of the molecule is Cc1ccc(C2c3cccn3CCN2C(=O)CCC(=O)Nc2ccc(F)cc2)cc1. The van der Waals surface area contributed by atoms with Gasteiger partial charge in [-0.2, -0.15) is 0 Å². The molecule has 0 radical (unpaired) electrons. The molecule has 6 heteroatoms. The molecule has 1 atom stereocenters. The number of carbonyl (C=O) groups is 2. The first kappa shape index (κ1) is 19.9. The molecule has 1 aromatic heterocycles. The predicted molar refractivity (Wildman–Crippen MR) is 113 cm³/mol. The Morgan fingerprint density at radius 3 is 2.47 bits per heavy atom. The number of hydrogen-bond acceptors (Lipinski definition) is 2. The van der Waals surface area contributed by atoms with E-state index in [1.165, 1.54) is 29.8 Å². The Balaban J connectivity index is 1.46. The second kappa shape index (κ2) is 8.53. The normalized spacial score (nSPS) is 15.5. The van der Waals surface area contributed by atoms with Crippen molar-refractivity contribution in [1.29, 1.82) is 0 Å². The summed E-state index contributed by atoms with van der Waals surface area (Å²) in [5.41, 5.74) is 3.82. The first-order chi connectivity index (χ1) is 14.5. The summed E-state index contributed by atoms with van der Waals surface area (Å²) in [5, 5.41) is 2.71. The molecule has 1 N–H and O–H groups in total. The van der Waals surface area contributed by atoms with Crippen LogP contribution in [0.15, 0.2) is 66.9 Å². The number of carbonyl (C=O) groups excluding carboxylic acids is 2. The monoisotopic (exact) mass is 405 g/mol. The van der Waals surface area contributed by atoms with E-state index in [4.69, 9.17) is 0 Å². The lowest BCUT2D eigenvalue weighted by Crippen LogP contribution is -2.42. The molecule has 4 rings (SSSR count). The second-order valence-electron chi connectivity index (χ2n) is 7.58. The molecule has 2 heterocycles. The summed E-state index contributed by atoms with van der Waals surface area (Å²) in [5.74, 6) is -0.676. The van der Waals surface area contributed by atoms with Crippen molar-refractivity contribution in [1.82, 2.24) is 9.47 Å². The Kier molecular flexibility index (Phi) is 5.65. The summed E-state index contributed by atoms with van der Waals surface area (Å²) in [6.07, 6.45) is 2.24. The van der Waals surface area contributed by atoms with Crippen molar-refractivity contribution in [3.8, 4) is 0 Å². The average molecular weight is 405 g/mol. The predicted octanol–water partition coefficient (Wildman–Crippen LogP) is 4.29. The Morgan fingerprint density at radius 2 is 1.73 bits per heavy atom. The number of nitrogens with one attached hydrogen (secondary N) is 1. The van der Waals surface area contributed by atoms with Crippen molar-refractivity contribution in [2.45, 2.75) is 32.4 Å². The van der Waals surface area contributed by atoms with Crippen molar-refractivity contribution in [2.24, 2.45) is 0 Å². The molecule has 30 heavy (non-hydrogen) atoms. The molecule has 3 aromatic rings. The number of hydrogen-bond donors (Lipinski definition) is 1. The molecule has 0 aliphatic carbocycles. The molecule has 5 nitrogen and oxygen atoms in total. The van der Waals surface area contributed by atoms with Crippen LogP contribution < -0.4 is 5.32 Å². The quantitative estimate of drug-likeness (QED) is 0.689. The molecular weight excluding hydrogens is 381 g/mol. The van der Waals surface area contributed by atoms with Crippen LogP contribution in [0.25, 0.3) is 0 Å². The number of rotatable bonds is 5. The number of amides is 2. The third kappa shape index (κ3) is 4.27. The fourth-order valence-electron chi connectivity index (χ4n) is 3.87. The number of nitrogens with zero attached hydrogens (tertiary/aromatic N) is 2. The van der Waals surface area contributed by atoms with E-state index in [1.54, 1.807) is 0 Å². The average Bonchev–Trinajstić information content (AvgIpc) is 3.22. The van der Waals surface area contributed by atoms with Gasteiger partial charge in [0.25, 0.3) is 0 Å². The molecule has 154 valence electrons. The van der Waals surface area contributed by atoms with Crippen LogP contribution in [-0.2, 0) is 16.1 Å². The lowest BCUT2D eigenvalue weighted by atomic mass is 9.98. The molecule has 0 bridgehead atoms. The smallest absolute Gasteiger partial charge is 0.224 e. The van der Waals surface area contributed by atoms with Crippen molar-refractivity contribution < 1.29 is 14.0 Å².